The first kappa shape index (κ1) is 28.9. The van der Waals surface area contributed by atoms with Crippen LogP contribution >= 0.6 is 11.6 Å². The fourth-order valence-electron chi connectivity index (χ4n) is 6.65. The number of fused-ring (bicyclic) bond motifs is 2. The predicted octanol–water partition coefficient (Wildman–Crippen LogP) is 5.69. The molecule has 2 bridgehead atoms. The molecule has 3 aromatic rings. The number of methoxy groups -OCH3 is 1. The number of hydrogen-bond acceptors (Lipinski definition) is 5. The molecule has 6 rings (SSSR count). The number of nitrogens with zero attached hydrogens (tertiary/aromatic N) is 3. The number of carbonyl (C=O) groups is 1. The molecule has 0 saturated carbocycles. The molecule has 42 heavy (non-hydrogen) atoms. The van der Waals surface area contributed by atoms with E-state index in [1.807, 2.05) is 18.2 Å². The molecule has 11 heteroatoms. The van der Waals surface area contributed by atoms with Gasteiger partial charge in [-0.05, 0) is 67.5 Å². The van der Waals surface area contributed by atoms with Gasteiger partial charge in [0.25, 0.3) is 5.91 Å². The minimum absolute atomic E-state index is 0.0786. The van der Waals surface area contributed by atoms with E-state index in [-0.39, 0.29) is 27.6 Å². The normalized spacial score (nSPS) is 21.5. The van der Waals surface area contributed by atoms with Gasteiger partial charge in [0, 0.05) is 38.3 Å². The van der Waals surface area contributed by atoms with Crippen LogP contribution in [0.1, 0.15) is 47.5 Å². The van der Waals surface area contributed by atoms with Crippen LogP contribution in [0.15, 0.2) is 65.6 Å². The Morgan fingerprint density at radius 3 is 2.19 bits per heavy atom. The SMILES string of the molecule is COc1ccc(S(=O)(=O)N2CCC(c3ccccc3)CC2)cc1N1C2CCC1CN(C(=O)c1cc(F)c(F)cc1Cl)C2. The largest absolute Gasteiger partial charge is 0.495 e. The van der Waals surface area contributed by atoms with Gasteiger partial charge in [0.15, 0.2) is 11.6 Å². The summed E-state index contributed by atoms with van der Waals surface area (Å²) in [4.78, 5) is 17.2. The average molecular weight is 616 g/mol. The van der Waals surface area contributed by atoms with Crippen LogP contribution in [0, 0.1) is 11.6 Å². The Bertz CT molecular complexity index is 1590. The van der Waals surface area contributed by atoms with Crippen molar-refractivity contribution in [3.63, 3.8) is 0 Å². The highest BCUT2D eigenvalue weighted by Crippen LogP contribution is 2.42. The van der Waals surface area contributed by atoms with Crippen molar-refractivity contribution in [3.05, 3.63) is 88.4 Å². The van der Waals surface area contributed by atoms with E-state index in [9.17, 15) is 22.0 Å². The van der Waals surface area contributed by atoms with Gasteiger partial charge in [-0.25, -0.2) is 17.2 Å². The van der Waals surface area contributed by atoms with Crippen molar-refractivity contribution in [2.75, 3.05) is 38.2 Å². The molecule has 2 unspecified atom stereocenters. The Morgan fingerprint density at radius 2 is 1.55 bits per heavy atom. The Morgan fingerprint density at radius 1 is 0.905 bits per heavy atom. The average Bonchev–Trinajstić information content (AvgIpc) is 3.27. The molecule has 0 radical (unpaired) electrons. The highest BCUT2D eigenvalue weighted by molar-refractivity contribution is 7.89. The number of carbonyl (C=O) groups excluding carboxylic acids is 1. The number of piperidine rings is 1. The summed E-state index contributed by atoms with van der Waals surface area (Å²) in [6.45, 7) is 1.55. The van der Waals surface area contributed by atoms with Crippen molar-refractivity contribution >= 4 is 33.2 Å². The van der Waals surface area contributed by atoms with Crippen LogP contribution in [-0.4, -0.2) is 68.9 Å². The Labute approximate surface area is 249 Å². The van der Waals surface area contributed by atoms with E-state index in [2.05, 4.69) is 17.0 Å². The zero-order valence-electron chi connectivity index (χ0n) is 23.2. The second kappa shape index (κ2) is 11.5. The summed E-state index contributed by atoms with van der Waals surface area (Å²) in [5, 5.41) is -0.138. The lowest BCUT2D eigenvalue weighted by atomic mass is 9.90. The monoisotopic (exact) mass is 615 g/mol. The Balaban J connectivity index is 1.22. The van der Waals surface area contributed by atoms with Gasteiger partial charge in [0.05, 0.1) is 28.3 Å². The lowest BCUT2D eigenvalue weighted by Gasteiger charge is -2.43. The van der Waals surface area contributed by atoms with Crippen LogP contribution in [0.25, 0.3) is 0 Å². The second-order valence-corrected chi connectivity index (χ2v) is 13.5. The molecule has 3 saturated heterocycles. The molecule has 3 aliphatic rings. The van der Waals surface area contributed by atoms with E-state index in [0.717, 1.165) is 37.8 Å². The van der Waals surface area contributed by atoms with Crippen molar-refractivity contribution in [3.8, 4) is 5.75 Å². The van der Waals surface area contributed by atoms with E-state index in [4.69, 9.17) is 16.3 Å². The van der Waals surface area contributed by atoms with Gasteiger partial charge in [-0.2, -0.15) is 4.31 Å². The molecule has 3 aromatic carbocycles. The lowest BCUT2D eigenvalue weighted by Crippen LogP contribution is -2.55. The molecule has 0 N–H and O–H groups in total. The first-order valence-corrected chi connectivity index (χ1v) is 15.9. The molecule has 0 aromatic heterocycles. The molecule has 0 aliphatic carbocycles. The molecule has 3 heterocycles. The summed E-state index contributed by atoms with van der Waals surface area (Å²) in [5.74, 6) is -1.81. The topological polar surface area (TPSA) is 70.2 Å². The van der Waals surface area contributed by atoms with Gasteiger partial charge in [-0.15, -0.1) is 0 Å². The third-order valence-corrected chi connectivity index (χ3v) is 11.0. The zero-order valence-corrected chi connectivity index (χ0v) is 24.8. The fourth-order valence-corrected chi connectivity index (χ4v) is 8.38. The summed E-state index contributed by atoms with van der Waals surface area (Å²) in [6, 6.07) is 16.6. The van der Waals surface area contributed by atoms with Crippen LogP contribution in [0.2, 0.25) is 5.02 Å². The Hall–Kier alpha value is -3.21. The van der Waals surface area contributed by atoms with E-state index in [1.54, 1.807) is 34.5 Å². The fraction of sp³-hybridized carbons (Fsp3) is 0.387. The summed E-state index contributed by atoms with van der Waals surface area (Å²) < 4.78 is 62.3. The van der Waals surface area contributed by atoms with Gasteiger partial charge in [-0.1, -0.05) is 41.9 Å². The number of rotatable bonds is 6. The van der Waals surface area contributed by atoms with Crippen molar-refractivity contribution in [1.82, 2.24) is 9.21 Å². The molecule has 3 fully saturated rings. The molecule has 7 nitrogen and oxygen atoms in total. The van der Waals surface area contributed by atoms with Crippen LogP contribution in [0.3, 0.4) is 0 Å². The predicted molar refractivity (Wildman–Crippen MR) is 157 cm³/mol. The summed E-state index contributed by atoms with van der Waals surface area (Å²) in [7, 11) is -2.19. The van der Waals surface area contributed by atoms with Crippen LogP contribution < -0.4 is 9.64 Å². The third-order valence-electron chi connectivity index (χ3n) is 8.80. The maximum Gasteiger partial charge on any atom is 0.255 e. The maximum atomic E-state index is 13.9. The molecule has 2 atom stereocenters. The molecule has 1 amide bonds. The number of piperazine rings is 1. The number of halogens is 3. The number of ether oxygens (including phenoxy) is 1. The van der Waals surface area contributed by atoms with E-state index in [1.165, 1.54) is 5.56 Å². The van der Waals surface area contributed by atoms with Gasteiger partial charge in [-0.3, -0.25) is 4.79 Å². The molecule has 222 valence electrons. The van der Waals surface area contributed by atoms with Gasteiger partial charge < -0.3 is 14.5 Å². The summed E-state index contributed by atoms with van der Waals surface area (Å²) in [6.07, 6.45) is 3.09. The number of hydrogen-bond donors (Lipinski definition) is 0. The van der Waals surface area contributed by atoms with Gasteiger partial charge in [0.1, 0.15) is 5.75 Å². The molecule has 3 aliphatic heterocycles. The summed E-state index contributed by atoms with van der Waals surface area (Å²) in [5.41, 5.74) is 1.83. The smallest absolute Gasteiger partial charge is 0.255 e. The molecular formula is C31H32ClF2N3O4S. The maximum absolute atomic E-state index is 13.9. The zero-order chi connectivity index (χ0) is 29.6. The van der Waals surface area contributed by atoms with Crippen molar-refractivity contribution < 1.29 is 26.7 Å². The minimum Gasteiger partial charge on any atom is -0.495 e. The van der Waals surface area contributed by atoms with Crippen LogP contribution in [0.4, 0.5) is 14.5 Å². The van der Waals surface area contributed by atoms with Crippen molar-refractivity contribution in [2.45, 2.75) is 48.6 Å². The number of likely N-dealkylation sites (tertiary alicyclic amines) is 1. The van der Waals surface area contributed by atoms with Gasteiger partial charge in [0.2, 0.25) is 10.0 Å². The van der Waals surface area contributed by atoms with Crippen LogP contribution in [0.5, 0.6) is 5.75 Å². The highest BCUT2D eigenvalue weighted by atomic mass is 35.5. The quantitative estimate of drug-likeness (QED) is 0.333. The number of amides is 1. The Kier molecular flexibility index (Phi) is 7.89. The third kappa shape index (κ3) is 5.24. The van der Waals surface area contributed by atoms with E-state index in [0.29, 0.717) is 43.5 Å². The number of benzene rings is 3. The standard InChI is InChI=1S/C31H32ClF2N3O4S/c1-41-30-10-9-24(42(39,40)36-13-11-21(12-14-36)20-5-3-2-4-6-20)15-29(30)37-22-7-8-23(37)19-35(18-22)31(38)25-16-27(33)28(34)17-26(25)32/h2-6,9-10,15-17,21-23H,7-8,11-14,18-19H2,1H3. The first-order valence-electron chi connectivity index (χ1n) is 14.1. The molecular weight excluding hydrogens is 584 g/mol. The molecule has 0 spiro atoms. The summed E-state index contributed by atoms with van der Waals surface area (Å²) >= 11 is 6.09. The number of anilines is 1. The van der Waals surface area contributed by atoms with Gasteiger partial charge >= 0.3 is 0 Å². The lowest BCUT2D eigenvalue weighted by molar-refractivity contribution is 0.0717. The minimum atomic E-state index is -3.74. The van der Waals surface area contributed by atoms with E-state index < -0.39 is 27.6 Å². The van der Waals surface area contributed by atoms with Crippen molar-refractivity contribution in [2.24, 2.45) is 0 Å². The second-order valence-electron chi connectivity index (χ2n) is 11.2. The van der Waals surface area contributed by atoms with Crippen molar-refractivity contribution in [1.29, 1.82) is 0 Å². The highest BCUT2D eigenvalue weighted by Gasteiger charge is 2.43. The van der Waals surface area contributed by atoms with Crippen LogP contribution in [-0.2, 0) is 10.0 Å². The van der Waals surface area contributed by atoms with E-state index >= 15 is 0 Å². The number of sulfonamides is 1. The first-order chi connectivity index (χ1) is 20.2.